The zero-order valence-corrected chi connectivity index (χ0v) is 14.8. The topological polar surface area (TPSA) is 78.5 Å². The van der Waals surface area contributed by atoms with Crippen molar-refractivity contribution in [3.8, 4) is 5.75 Å². The molecule has 3 N–H and O–H groups in total. The number of aromatic amines is 1. The van der Waals surface area contributed by atoms with Gasteiger partial charge in [0.25, 0.3) is 5.91 Å². The maximum absolute atomic E-state index is 12.2. The molecule has 0 fully saturated rings. The van der Waals surface area contributed by atoms with Crippen LogP contribution in [0, 0.1) is 0 Å². The van der Waals surface area contributed by atoms with Crippen LogP contribution in [0.15, 0.2) is 59.8 Å². The summed E-state index contributed by atoms with van der Waals surface area (Å²) >= 11 is 0. The van der Waals surface area contributed by atoms with Gasteiger partial charge in [0.05, 0.1) is 12.8 Å². The minimum absolute atomic E-state index is 0.213. The molecular weight excluding hydrogens is 328 g/mol. The molecule has 0 aliphatic carbocycles. The zero-order chi connectivity index (χ0) is 18.4. The summed E-state index contributed by atoms with van der Waals surface area (Å²) < 4.78 is 5.40. The van der Waals surface area contributed by atoms with Crippen molar-refractivity contribution >= 4 is 28.7 Å². The van der Waals surface area contributed by atoms with Crippen LogP contribution in [0.3, 0.4) is 0 Å². The van der Waals surface area contributed by atoms with E-state index in [0.29, 0.717) is 6.61 Å². The average molecular weight is 350 g/mol. The molecule has 0 aliphatic heterocycles. The number of hydrogen-bond acceptors (Lipinski definition) is 4. The van der Waals surface area contributed by atoms with E-state index in [1.165, 1.54) is 0 Å². The highest BCUT2D eigenvalue weighted by atomic mass is 16.5. The van der Waals surface area contributed by atoms with Crippen LogP contribution in [0.4, 0.5) is 5.69 Å². The molecule has 1 unspecified atom stereocenters. The smallest absolute Gasteiger partial charge is 0.262 e. The summed E-state index contributed by atoms with van der Waals surface area (Å²) in [7, 11) is 0. The lowest BCUT2D eigenvalue weighted by Crippen LogP contribution is -2.34. The molecule has 6 heteroatoms. The lowest BCUT2D eigenvalue weighted by Gasteiger charge is -2.13. The van der Waals surface area contributed by atoms with Gasteiger partial charge in [-0.25, -0.2) is 5.43 Å². The number of amides is 1. The molecule has 0 saturated heterocycles. The van der Waals surface area contributed by atoms with E-state index in [1.807, 2.05) is 61.7 Å². The number of rotatable bonds is 7. The molecule has 1 amide bonds. The van der Waals surface area contributed by atoms with E-state index in [0.717, 1.165) is 27.9 Å². The van der Waals surface area contributed by atoms with Gasteiger partial charge in [-0.3, -0.25) is 4.79 Å². The second-order valence-electron chi connectivity index (χ2n) is 5.85. The average Bonchev–Trinajstić information content (AvgIpc) is 3.07. The minimum atomic E-state index is -0.423. The highest BCUT2D eigenvalue weighted by Crippen LogP contribution is 2.17. The second kappa shape index (κ2) is 8.20. The van der Waals surface area contributed by atoms with E-state index in [1.54, 1.807) is 13.1 Å². The van der Waals surface area contributed by atoms with Crippen molar-refractivity contribution in [2.24, 2.45) is 5.10 Å². The Morgan fingerprint density at radius 1 is 1.23 bits per heavy atom. The molecule has 1 aromatic heterocycles. The number of hydrogen-bond donors (Lipinski definition) is 3. The van der Waals surface area contributed by atoms with E-state index < -0.39 is 6.04 Å². The van der Waals surface area contributed by atoms with Crippen LogP contribution in [0.2, 0.25) is 0 Å². The maximum Gasteiger partial charge on any atom is 0.262 e. The first-order valence-electron chi connectivity index (χ1n) is 8.56. The summed E-state index contributed by atoms with van der Waals surface area (Å²) in [4.78, 5) is 15.4. The third-order valence-corrected chi connectivity index (χ3v) is 3.94. The van der Waals surface area contributed by atoms with Crippen LogP contribution in [0.5, 0.6) is 5.75 Å². The monoisotopic (exact) mass is 350 g/mol. The molecule has 6 nitrogen and oxygen atoms in total. The molecule has 1 atom stereocenters. The molecule has 3 aromatic rings. The van der Waals surface area contributed by atoms with Crippen molar-refractivity contribution in [1.82, 2.24) is 10.4 Å². The Labute approximate surface area is 152 Å². The Morgan fingerprint density at radius 2 is 2.00 bits per heavy atom. The fraction of sp³-hybridized carbons (Fsp3) is 0.200. The van der Waals surface area contributed by atoms with Crippen molar-refractivity contribution < 1.29 is 9.53 Å². The molecule has 1 heterocycles. The predicted octanol–water partition coefficient (Wildman–Crippen LogP) is 3.52. The number of carbonyl (C=O) groups excluding carboxylic acids is 1. The molecule has 2 aromatic carbocycles. The molecule has 26 heavy (non-hydrogen) atoms. The van der Waals surface area contributed by atoms with Crippen molar-refractivity contribution in [3.05, 3.63) is 60.3 Å². The van der Waals surface area contributed by atoms with Crippen LogP contribution in [0.1, 0.15) is 19.4 Å². The number of aromatic nitrogens is 1. The van der Waals surface area contributed by atoms with Gasteiger partial charge in [-0.1, -0.05) is 18.2 Å². The Bertz CT molecular complexity index is 900. The number of para-hydroxylation sites is 1. The van der Waals surface area contributed by atoms with E-state index >= 15 is 0 Å². The van der Waals surface area contributed by atoms with Crippen molar-refractivity contribution in [1.29, 1.82) is 0 Å². The van der Waals surface area contributed by atoms with E-state index in [-0.39, 0.29) is 5.91 Å². The highest BCUT2D eigenvalue weighted by Gasteiger charge is 2.11. The Kier molecular flexibility index (Phi) is 5.53. The van der Waals surface area contributed by atoms with Gasteiger partial charge in [0, 0.05) is 28.4 Å². The Morgan fingerprint density at radius 3 is 2.77 bits per heavy atom. The molecular formula is C20H22N4O2. The number of carbonyl (C=O) groups is 1. The van der Waals surface area contributed by atoms with E-state index in [4.69, 9.17) is 4.74 Å². The second-order valence-corrected chi connectivity index (χ2v) is 5.85. The summed E-state index contributed by atoms with van der Waals surface area (Å²) in [6.07, 6.45) is 3.50. The fourth-order valence-electron chi connectivity index (χ4n) is 2.59. The third kappa shape index (κ3) is 4.22. The van der Waals surface area contributed by atoms with Gasteiger partial charge in [-0.2, -0.15) is 5.10 Å². The van der Waals surface area contributed by atoms with Gasteiger partial charge < -0.3 is 15.0 Å². The van der Waals surface area contributed by atoms with Gasteiger partial charge in [0.1, 0.15) is 11.8 Å². The van der Waals surface area contributed by atoms with Crippen LogP contribution in [-0.4, -0.2) is 29.8 Å². The number of ether oxygens (including phenoxy) is 1. The Hall–Kier alpha value is -3.28. The summed E-state index contributed by atoms with van der Waals surface area (Å²) in [5.74, 6) is 0.591. The van der Waals surface area contributed by atoms with Gasteiger partial charge in [0.15, 0.2) is 0 Å². The van der Waals surface area contributed by atoms with Crippen molar-refractivity contribution in [2.75, 3.05) is 11.9 Å². The van der Waals surface area contributed by atoms with Gasteiger partial charge in [-0.05, 0) is 44.2 Å². The lowest BCUT2D eigenvalue weighted by molar-refractivity contribution is -0.121. The van der Waals surface area contributed by atoms with Crippen LogP contribution in [-0.2, 0) is 4.79 Å². The normalized spacial score (nSPS) is 12.2. The number of anilines is 1. The minimum Gasteiger partial charge on any atom is -0.494 e. The first-order chi connectivity index (χ1) is 12.7. The van der Waals surface area contributed by atoms with Crippen molar-refractivity contribution in [2.45, 2.75) is 19.9 Å². The number of fused-ring (bicyclic) bond motifs is 1. The van der Waals surface area contributed by atoms with Gasteiger partial charge in [0.2, 0.25) is 0 Å². The zero-order valence-electron chi connectivity index (χ0n) is 14.8. The quantitative estimate of drug-likeness (QED) is 0.451. The SMILES string of the molecule is CCOc1ccc(NC(C)C(=O)N/N=C/c2c[nH]c3ccccc23)cc1. The summed E-state index contributed by atoms with van der Waals surface area (Å²) in [6, 6.07) is 15.0. The van der Waals surface area contributed by atoms with Crippen LogP contribution < -0.4 is 15.5 Å². The fourth-order valence-corrected chi connectivity index (χ4v) is 2.59. The predicted molar refractivity (Wildman–Crippen MR) is 105 cm³/mol. The largest absolute Gasteiger partial charge is 0.494 e. The number of nitrogens with zero attached hydrogens (tertiary/aromatic N) is 1. The number of hydrazone groups is 1. The Balaban J connectivity index is 1.55. The molecule has 0 radical (unpaired) electrons. The summed E-state index contributed by atoms with van der Waals surface area (Å²) in [5, 5.41) is 8.26. The van der Waals surface area contributed by atoms with Crippen molar-refractivity contribution in [3.63, 3.8) is 0 Å². The molecule has 134 valence electrons. The summed E-state index contributed by atoms with van der Waals surface area (Å²) in [5.41, 5.74) is 5.37. The number of benzene rings is 2. The molecule has 0 spiro atoms. The van der Waals surface area contributed by atoms with Crippen LogP contribution >= 0.6 is 0 Å². The first kappa shape index (κ1) is 17.5. The maximum atomic E-state index is 12.2. The molecule has 0 aliphatic rings. The van der Waals surface area contributed by atoms with E-state index in [9.17, 15) is 4.79 Å². The molecule has 0 bridgehead atoms. The van der Waals surface area contributed by atoms with Gasteiger partial charge >= 0.3 is 0 Å². The standard InChI is InChI=1S/C20H22N4O2/c1-3-26-17-10-8-16(9-11-17)23-14(2)20(25)24-22-13-15-12-21-19-7-5-4-6-18(15)19/h4-14,21,23H,3H2,1-2H3,(H,24,25)/b22-13+. The summed E-state index contributed by atoms with van der Waals surface area (Å²) in [6.45, 7) is 4.35. The van der Waals surface area contributed by atoms with E-state index in [2.05, 4.69) is 20.8 Å². The lowest BCUT2D eigenvalue weighted by atomic mass is 10.2. The van der Waals surface area contributed by atoms with Crippen LogP contribution in [0.25, 0.3) is 10.9 Å². The third-order valence-electron chi connectivity index (χ3n) is 3.94. The number of nitrogens with one attached hydrogen (secondary N) is 3. The van der Waals surface area contributed by atoms with Gasteiger partial charge in [-0.15, -0.1) is 0 Å². The number of H-pyrrole nitrogens is 1. The molecule has 0 saturated carbocycles. The highest BCUT2D eigenvalue weighted by molar-refractivity contribution is 5.99. The molecule has 3 rings (SSSR count). The first-order valence-corrected chi connectivity index (χ1v) is 8.56.